The van der Waals surface area contributed by atoms with Crippen molar-refractivity contribution in [2.24, 2.45) is 4.99 Å². The third kappa shape index (κ3) is 9.86. The van der Waals surface area contributed by atoms with E-state index < -0.39 is 0 Å². The smallest absolute Gasteiger partial charge is 0.191 e. The molecule has 142 valence electrons. The van der Waals surface area contributed by atoms with Crippen molar-refractivity contribution in [3.8, 4) is 0 Å². The molecule has 0 spiro atoms. The molecule has 3 N–H and O–H groups in total. The van der Waals surface area contributed by atoms with E-state index in [1.54, 1.807) is 6.20 Å². The Labute approximate surface area is 177 Å². The number of nitrogens with zero attached hydrogens (tertiary/aromatic N) is 2. The molecule has 26 heavy (non-hydrogen) atoms. The molecule has 1 heterocycles. The van der Waals surface area contributed by atoms with E-state index in [9.17, 15) is 0 Å². The molecule has 0 amide bonds. The van der Waals surface area contributed by atoms with Gasteiger partial charge in [-0.05, 0) is 37.1 Å². The van der Waals surface area contributed by atoms with E-state index in [-0.39, 0.29) is 24.0 Å². The lowest BCUT2D eigenvalue weighted by Gasteiger charge is -2.12. The Morgan fingerprint density at radius 1 is 0.962 bits per heavy atom. The summed E-state index contributed by atoms with van der Waals surface area (Å²) in [7, 11) is 1.81. The second-order valence-electron chi connectivity index (χ2n) is 5.44. The van der Waals surface area contributed by atoms with E-state index >= 15 is 0 Å². The van der Waals surface area contributed by atoms with E-state index in [4.69, 9.17) is 0 Å². The number of hydrogen-bond donors (Lipinski definition) is 3. The molecule has 0 aliphatic heterocycles. The number of anilines is 1. The van der Waals surface area contributed by atoms with Crippen LogP contribution in [0.4, 0.5) is 5.82 Å². The lowest BCUT2D eigenvalue weighted by molar-refractivity contribution is 0.715. The molecule has 2 rings (SSSR count). The molecule has 0 saturated heterocycles. The fourth-order valence-corrected chi connectivity index (χ4v) is 3.01. The number of nitrogens with one attached hydrogen (secondary N) is 3. The van der Waals surface area contributed by atoms with Crippen molar-refractivity contribution in [1.82, 2.24) is 15.6 Å². The quantitative estimate of drug-likeness (QED) is 0.157. The van der Waals surface area contributed by atoms with Gasteiger partial charge in [0.1, 0.15) is 5.82 Å². The Balaban J connectivity index is 0.00000338. The monoisotopic (exact) mass is 485 g/mol. The summed E-state index contributed by atoms with van der Waals surface area (Å²) in [4.78, 5) is 9.80. The fourth-order valence-electron chi connectivity index (χ4n) is 2.22. The van der Waals surface area contributed by atoms with Gasteiger partial charge in [-0.3, -0.25) is 4.99 Å². The van der Waals surface area contributed by atoms with Gasteiger partial charge in [0.2, 0.25) is 0 Å². The number of unbranched alkanes of at least 4 members (excludes halogenated alkanes) is 1. The number of pyridine rings is 1. The number of aliphatic imine (C=N–C) groups is 1. The Bertz CT molecular complexity index is 610. The maximum atomic E-state index is 4.26. The first-order valence-corrected chi connectivity index (χ1v) is 9.64. The van der Waals surface area contributed by atoms with Gasteiger partial charge < -0.3 is 16.0 Å². The van der Waals surface area contributed by atoms with Crippen molar-refractivity contribution < 1.29 is 0 Å². The summed E-state index contributed by atoms with van der Waals surface area (Å²) in [5.41, 5.74) is 0. The maximum Gasteiger partial charge on any atom is 0.191 e. The highest BCUT2D eigenvalue weighted by atomic mass is 127. The first-order valence-electron chi connectivity index (χ1n) is 8.66. The highest BCUT2D eigenvalue weighted by Gasteiger charge is 1.98. The molecule has 0 atom stereocenters. The zero-order valence-corrected chi connectivity index (χ0v) is 18.3. The standard InChI is InChI=1S/C19H27N5S.HI/c1-20-19(24-15-16-25-17-9-3-2-4-10-17)23-14-8-7-13-22-18-11-5-6-12-21-18;/h2-6,9-12H,7-8,13-16H2,1H3,(H,21,22)(H2,20,23,24);1H. The second kappa shape index (κ2) is 14.7. The van der Waals surface area contributed by atoms with Gasteiger partial charge in [0.15, 0.2) is 5.96 Å². The predicted molar refractivity (Wildman–Crippen MR) is 124 cm³/mol. The minimum absolute atomic E-state index is 0. The Hall–Kier alpha value is -1.48. The third-order valence-electron chi connectivity index (χ3n) is 3.50. The van der Waals surface area contributed by atoms with Crippen molar-refractivity contribution in [2.45, 2.75) is 17.7 Å². The topological polar surface area (TPSA) is 61.3 Å². The Morgan fingerprint density at radius 2 is 1.69 bits per heavy atom. The van der Waals surface area contributed by atoms with Gasteiger partial charge in [0, 0.05) is 43.5 Å². The largest absolute Gasteiger partial charge is 0.370 e. The van der Waals surface area contributed by atoms with Crippen LogP contribution < -0.4 is 16.0 Å². The van der Waals surface area contributed by atoms with Crippen LogP contribution in [0.15, 0.2) is 64.6 Å². The van der Waals surface area contributed by atoms with Gasteiger partial charge in [0.05, 0.1) is 0 Å². The summed E-state index contributed by atoms with van der Waals surface area (Å²) in [6, 6.07) is 16.3. The van der Waals surface area contributed by atoms with Crippen LogP contribution in [0.25, 0.3) is 0 Å². The second-order valence-corrected chi connectivity index (χ2v) is 6.60. The molecule has 5 nitrogen and oxygen atoms in total. The van der Waals surface area contributed by atoms with Crippen LogP contribution in [-0.2, 0) is 0 Å². The molecule has 0 aliphatic rings. The Morgan fingerprint density at radius 3 is 2.42 bits per heavy atom. The van der Waals surface area contributed by atoms with Gasteiger partial charge in [-0.25, -0.2) is 4.98 Å². The molecule has 1 aromatic heterocycles. The van der Waals surface area contributed by atoms with Crippen LogP contribution >= 0.6 is 35.7 Å². The van der Waals surface area contributed by atoms with E-state index in [1.165, 1.54) is 4.90 Å². The van der Waals surface area contributed by atoms with Gasteiger partial charge in [-0.1, -0.05) is 24.3 Å². The first-order chi connectivity index (χ1) is 12.4. The molecule has 0 fully saturated rings. The number of hydrogen-bond acceptors (Lipinski definition) is 4. The molecule has 0 aliphatic carbocycles. The molecule has 0 saturated carbocycles. The number of benzene rings is 1. The van der Waals surface area contributed by atoms with Gasteiger partial charge in [0.25, 0.3) is 0 Å². The van der Waals surface area contributed by atoms with Gasteiger partial charge >= 0.3 is 0 Å². The van der Waals surface area contributed by atoms with E-state index in [1.807, 2.05) is 43.1 Å². The van der Waals surface area contributed by atoms with E-state index in [2.05, 4.69) is 50.2 Å². The van der Waals surface area contributed by atoms with Gasteiger partial charge in [-0.2, -0.15) is 0 Å². The van der Waals surface area contributed by atoms with Crippen LogP contribution in [-0.4, -0.2) is 43.4 Å². The van der Waals surface area contributed by atoms with Crippen molar-refractivity contribution in [3.05, 3.63) is 54.7 Å². The number of rotatable bonds is 10. The van der Waals surface area contributed by atoms with E-state index in [0.717, 1.165) is 50.0 Å². The molecule has 0 unspecified atom stereocenters. The zero-order valence-electron chi connectivity index (χ0n) is 15.1. The summed E-state index contributed by atoms with van der Waals surface area (Å²) in [5, 5.41) is 10.0. The lowest BCUT2D eigenvalue weighted by atomic mass is 10.3. The van der Waals surface area contributed by atoms with Crippen molar-refractivity contribution >= 4 is 47.5 Å². The average molecular weight is 485 g/mol. The van der Waals surface area contributed by atoms with Crippen molar-refractivity contribution in [3.63, 3.8) is 0 Å². The number of guanidine groups is 1. The van der Waals surface area contributed by atoms with Gasteiger partial charge in [-0.15, -0.1) is 35.7 Å². The first kappa shape index (κ1) is 22.6. The van der Waals surface area contributed by atoms with Crippen LogP contribution in [0.2, 0.25) is 0 Å². The summed E-state index contributed by atoms with van der Waals surface area (Å²) in [6.45, 7) is 2.73. The van der Waals surface area contributed by atoms with Crippen LogP contribution in [0, 0.1) is 0 Å². The fraction of sp³-hybridized carbons (Fsp3) is 0.368. The highest BCUT2D eigenvalue weighted by molar-refractivity contribution is 14.0. The molecule has 0 radical (unpaired) electrons. The summed E-state index contributed by atoms with van der Waals surface area (Å²) < 4.78 is 0. The zero-order chi connectivity index (χ0) is 17.6. The van der Waals surface area contributed by atoms with Crippen molar-refractivity contribution in [2.75, 3.05) is 37.8 Å². The summed E-state index contributed by atoms with van der Waals surface area (Å²) in [5.74, 6) is 2.81. The predicted octanol–water partition coefficient (Wildman–Crippen LogP) is 3.85. The normalized spacial score (nSPS) is 10.7. The summed E-state index contributed by atoms with van der Waals surface area (Å²) >= 11 is 1.85. The Kier molecular flexibility index (Phi) is 12.7. The lowest BCUT2D eigenvalue weighted by Crippen LogP contribution is -2.38. The molecular weight excluding hydrogens is 457 g/mol. The van der Waals surface area contributed by atoms with Crippen LogP contribution in [0.3, 0.4) is 0 Å². The molecular formula is C19H28IN5S. The number of thioether (sulfide) groups is 1. The van der Waals surface area contributed by atoms with E-state index in [0.29, 0.717) is 0 Å². The van der Waals surface area contributed by atoms with Crippen molar-refractivity contribution in [1.29, 1.82) is 0 Å². The molecule has 1 aromatic carbocycles. The maximum absolute atomic E-state index is 4.26. The summed E-state index contributed by atoms with van der Waals surface area (Å²) in [6.07, 6.45) is 3.97. The average Bonchev–Trinajstić information content (AvgIpc) is 2.67. The minimum Gasteiger partial charge on any atom is -0.370 e. The third-order valence-corrected chi connectivity index (χ3v) is 4.51. The molecule has 0 bridgehead atoms. The van der Waals surface area contributed by atoms with Crippen LogP contribution in [0.1, 0.15) is 12.8 Å². The molecule has 7 heteroatoms. The minimum atomic E-state index is 0. The molecule has 2 aromatic rings. The number of halogens is 1. The highest BCUT2D eigenvalue weighted by Crippen LogP contribution is 2.15. The van der Waals surface area contributed by atoms with Crippen LogP contribution in [0.5, 0.6) is 0 Å². The number of aromatic nitrogens is 1. The SMILES string of the molecule is CN=C(NCCCCNc1ccccn1)NCCSc1ccccc1.I.